The van der Waals surface area contributed by atoms with E-state index in [0.717, 1.165) is 49.3 Å². The van der Waals surface area contributed by atoms with Gasteiger partial charge >= 0.3 is 0 Å². The number of pyridine rings is 1. The van der Waals surface area contributed by atoms with E-state index in [9.17, 15) is 18.8 Å². The van der Waals surface area contributed by atoms with E-state index in [1.165, 1.54) is 6.42 Å². The van der Waals surface area contributed by atoms with Crippen molar-refractivity contribution in [2.24, 2.45) is 18.9 Å². The zero-order chi connectivity index (χ0) is 28.8. The normalized spacial score (nSPS) is 25.2. The number of carbonyl (C=O) groups excluding carboxylic acids is 1. The summed E-state index contributed by atoms with van der Waals surface area (Å²) in [4.78, 5) is 20.0. The number of hydrogen-bond acceptors (Lipinski definition) is 6. The number of rotatable bonds is 7. The Hall–Kier alpha value is -3.71. The minimum atomic E-state index is -3.04. The summed E-state index contributed by atoms with van der Waals surface area (Å²) in [6.45, 7) is 4.61. The van der Waals surface area contributed by atoms with Crippen LogP contribution >= 0.6 is 0 Å². The quantitative estimate of drug-likeness (QED) is 0.419. The predicted molar refractivity (Wildman–Crippen MR) is 149 cm³/mol. The van der Waals surface area contributed by atoms with E-state index in [2.05, 4.69) is 38.4 Å². The van der Waals surface area contributed by atoms with Crippen LogP contribution in [0.1, 0.15) is 84.1 Å². The van der Waals surface area contributed by atoms with Crippen LogP contribution in [0, 0.1) is 23.2 Å². The summed E-state index contributed by atoms with van der Waals surface area (Å²) in [5.74, 6) is -1.92. The summed E-state index contributed by atoms with van der Waals surface area (Å²) in [6, 6.07) is 11.5. The molecule has 3 aromatic rings. The number of halogens is 2. The average Bonchev–Trinajstić information content (AvgIpc) is 3.48. The smallest absolute Gasteiger partial charge is 0.290 e. The Balaban J connectivity index is 1.28. The third-order valence-electron chi connectivity index (χ3n) is 9.09. The van der Waals surface area contributed by atoms with Gasteiger partial charge in [-0.05, 0) is 85.4 Å². The maximum atomic E-state index is 14.9. The fourth-order valence-corrected chi connectivity index (χ4v) is 7.09. The molecule has 2 fully saturated rings. The highest BCUT2D eigenvalue weighted by Gasteiger charge is 2.49. The fourth-order valence-electron chi connectivity index (χ4n) is 7.09. The number of nitriles is 1. The zero-order valence-corrected chi connectivity index (χ0v) is 23.5. The highest BCUT2D eigenvalue weighted by atomic mass is 19.3. The van der Waals surface area contributed by atoms with E-state index in [-0.39, 0.29) is 30.1 Å². The van der Waals surface area contributed by atoms with E-state index in [0.29, 0.717) is 30.1 Å². The van der Waals surface area contributed by atoms with E-state index < -0.39 is 17.2 Å². The number of piperidine rings is 1. The summed E-state index contributed by atoms with van der Waals surface area (Å²) < 4.78 is 31.6. The number of nitrogens with zero attached hydrogens (tertiary/aromatic N) is 6. The first-order valence-electron chi connectivity index (χ1n) is 14.5. The maximum absolute atomic E-state index is 14.9. The highest BCUT2D eigenvalue weighted by Crippen LogP contribution is 2.53. The van der Waals surface area contributed by atoms with Crippen LogP contribution in [0.15, 0.2) is 36.7 Å². The molecule has 8 nitrogen and oxygen atoms in total. The molecule has 1 aliphatic heterocycles. The number of nitrogens with one attached hydrogen (secondary N) is 1. The molecule has 1 saturated heterocycles. The Morgan fingerprint density at radius 2 is 2.10 bits per heavy atom. The molecule has 0 spiro atoms. The van der Waals surface area contributed by atoms with E-state index in [1.54, 1.807) is 18.5 Å². The van der Waals surface area contributed by atoms with Crippen LogP contribution in [0.3, 0.4) is 0 Å². The topological polar surface area (TPSA) is 99.7 Å². The number of benzene rings is 1. The van der Waals surface area contributed by atoms with Crippen LogP contribution in [0.5, 0.6) is 0 Å². The first kappa shape index (κ1) is 27.5. The van der Waals surface area contributed by atoms with Gasteiger partial charge in [0.1, 0.15) is 23.5 Å². The minimum Gasteiger partial charge on any atom is -0.321 e. The molecule has 1 N–H and O–H groups in total. The zero-order valence-electron chi connectivity index (χ0n) is 23.5. The molecule has 6 rings (SSSR count). The lowest BCUT2D eigenvalue weighted by molar-refractivity contribution is -0.00603. The van der Waals surface area contributed by atoms with Crippen molar-refractivity contribution in [1.82, 2.24) is 24.6 Å². The predicted octanol–water partition coefficient (Wildman–Crippen LogP) is 5.34. The molecular weight excluding hydrogens is 524 g/mol. The van der Waals surface area contributed by atoms with Crippen molar-refractivity contribution in [3.8, 4) is 6.07 Å². The fraction of sp³-hybridized carbons (Fsp3) is 0.516. The van der Waals surface area contributed by atoms with Crippen molar-refractivity contribution in [2.75, 3.05) is 18.4 Å². The molecule has 10 heteroatoms. The second kappa shape index (κ2) is 10.6. The number of hydrogen-bond donors (Lipinski definition) is 1. The van der Waals surface area contributed by atoms with Crippen molar-refractivity contribution in [2.45, 2.75) is 69.8 Å². The Morgan fingerprint density at radius 3 is 2.83 bits per heavy atom. The minimum absolute atomic E-state index is 0.0107. The number of alkyl halides is 2. The third-order valence-corrected chi connectivity index (χ3v) is 9.09. The van der Waals surface area contributed by atoms with E-state index >= 15 is 0 Å². The summed E-state index contributed by atoms with van der Waals surface area (Å²) in [7, 11) is 1.90. The van der Waals surface area contributed by atoms with Gasteiger partial charge in [0.2, 0.25) is 0 Å². The summed E-state index contributed by atoms with van der Waals surface area (Å²) in [5, 5.41) is 20.6. The number of aromatic nitrogens is 4. The molecule has 41 heavy (non-hydrogen) atoms. The van der Waals surface area contributed by atoms with Crippen molar-refractivity contribution in [1.29, 1.82) is 5.26 Å². The number of likely N-dealkylation sites (tertiary alicyclic amines) is 1. The van der Waals surface area contributed by atoms with Gasteiger partial charge in [-0.1, -0.05) is 19.1 Å². The lowest BCUT2D eigenvalue weighted by Gasteiger charge is -2.46. The van der Waals surface area contributed by atoms with Gasteiger partial charge in [-0.25, -0.2) is 4.98 Å². The highest BCUT2D eigenvalue weighted by molar-refractivity contribution is 6.03. The molecule has 2 aliphatic carbocycles. The van der Waals surface area contributed by atoms with Crippen molar-refractivity contribution < 1.29 is 13.6 Å². The van der Waals surface area contributed by atoms with E-state index in [1.807, 2.05) is 29.8 Å². The van der Waals surface area contributed by atoms with Gasteiger partial charge in [0.15, 0.2) is 0 Å². The largest absolute Gasteiger partial charge is 0.321 e. The van der Waals surface area contributed by atoms with Gasteiger partial charge in [-0.15, -0.1) is 10.2 Å². The monoisotopic (exact) mass is 559 g/mol. The number of carbonyl (C=O) groups is 1. The SMILES string of the molecule is C[C@H]1CCCN(Cc2cc(C(=O)Nc3cccc(C4(c5nncn5C)CC(CC#N)C4)c3)nc3c2CCC3(F)F)C1. The number of aryl methyl sites for hydroxylation is 1. The van der Waals surface area contributed by atoms with Gasteiger partial charge in [0, 0.05) is 38.7 Å². The standard InChI is InChI=1S/C31H35F2N7O/c1-20-5-4-12-40(17-20)18-22-13-26(37-27-25(22)8-10-31(27,32)33)28(41)36-24-7-3-6-23(14-24)30(15-21(16-30)9-11-34)29-38-35-19-39(29)2/h3,6-7,13-14,19-21H,4-5,8-10,12,15-18H2,1-2H3,(H,36,41)/t20-,21?,30?/m0/s1. The lowest BCUT2D eigenvalue weighted by Crippen LogP contribution is -2.44. The van der Waals surface area contributed by atoms with Gasteiger partial charge in [0.05, 0.1) is 11.5 Å². The Bertz CT molecular complexity index is 1500. The molecule has 3 heterocycles. The Labute approximate surface area is 238 Å². The van der Waals surface area contributed by atoms with Crippen LogP contribution in [0.25, 0.3) is 0 Å². The summed E-state index contributed by atoms with van der Waals surface area (Å²) in [6.07, 6.45) is 5.90. The van der Waals surface area contributed by atoms with Gasteiger partial charge in [0.25, 0.3) is 11.8 Å². The van der Waals surface area contributed by atoms with Crippen LogP contribution in [0.4, 0.5) is 14.5 Å². The summed E-state index contributed by atoms with van der Waals surface area (Å²) >= 11 is 0. The number of amides is 1. The number of anilines is 1. The van der Waals surface area contributed by atoms with Gasteiger partial charge in [-0.3, -0.25) is 9.69 Å². The average molecular weight is 560 g/mol. The molecule has 1 aromatic carbocycles. The molecule has 1 atom stereocenters. The molecule has 2 aromatic heterocycles. The molecule has 1 amide bonds. The maximum Gasteiger partial charge on any atom is 0.290 e. The first-order chi connectivity index (χ1) is 19.7. The summed E-state index contributed by atoms with van der Waals surface area (Å²) in [5.41, 5.74) is 2.23. The van der Waals surface area contributed by atoms with Crippen molar-refractivity contribution >= 4 is 11.6 Å². The molecule has 3 aliphatic rings. The van der Waals surface area contributed by atoms with Crippen LogP contribution in [-0.2, 0) is 31.4 Å². The molecule has 1 saturated carbocycles. The Morgan fingerprint density at radius 1 is 1.27 bits per heavy atom. The van der Waals surface area contributed by atoms with Crippen molar-refractivity contribution in [3.05, 3.63) is 70.6 Å². The second-order valence-corrected chi connectivity index (χ2v) is 12.2. The molecule has 0 unspecified atom stereocenters. The molecule has 214 valence electrons. The van der Waals surface area contributed by atoms with Gasteiger partial charge < -0.3 is 9.88 Å². The molecule has 0 radical (unpaired) electrons. The number of fused-ring (bicyclic) bond motifs is 1. The lowest BCUT2D eigenvalue weighted by atomic mass is 9.57. The van der Waals surface area contributed by atoms with Crippen LogP contribution in [0.2, 0.25) is 0 Å². The first-order valence-corrected chi connectivity index (χ1v) is 14.5. The second-order valence-electron chi connectivity index (χ2n) is 12.2. The van der Waals surface area contributed by atoms with Crippen LogP contribution in [-0.4, -0.2) is 43.6 Å². The molecular formula is C31H35F2N7O. The van der Waals surface area contributed by atoms with Crippen LogP contribution < -0.4 is 5.32 Å². The van der Waals surface area contributed by atoms with E-state index in [4.69, 9.17) is 0 Å². The van der Waals surface area contributed by atoms with Crippen molar-refractivity contribution in [3.63, 3.8) is 0 Å². The molecule has 0 bridgehead atoms. The third kappa shape index (κ3) is 5.12. The van der Waals surface area contributed by atoms with Gasteiger partial charge in [-0.2, -0.15) is 14.0 Å². The Kier molecular flexibility index (Phi) is 7.10.